The van der Waals surface area contributed by atoms with Crippen LogP contribution in [0.1, 0.15) is 42.3 Å². The molecule has 7 heteroatoms. The van der Waals surface area contributed by atoms with Crippen molar-refractivity contribution in [3.8, 4) is 0 Å². The van der Waals surface area contributed by atoms with Crippen molar-refractivity contribution in [1.29, 1.82) is 0 Å². The number of nitrogens with zero attached hydrogens (tertiary/aromatic N) is 6. The van der Waals surface area contributed by atoms with Crippen LogP contribution in [0.5, 0.6) is 0 Å². The first-order chi connectivity index (χ1) is 12.9. The van der Waals surface area contributed by atoms with E-state index in [0.29, 0.717) is 12.0 Å². The fraction of sp³-hybridized carbons (Fsp3) is 0.600. The third kappa shape index (κ3) is 3.68. The lowest BCUT2D eigenvalue weighted by Gasteiger charge is -2.37. The summed E-state index contributed by atoms with van der Waals surface area (Å²) in [6, 6.07) is 2.36. The third-order valence-corrected chi connectivity index (χ3v) is 5.90. The molecule has 0 unspecified atom stereocenters. The Hall–Kier alpha value is -2.44. The fourth-order valence-corrected chi connectivity index (χ4v) is 4.25. The van der Waals surface area contributed by atoms with Crippen LogP contribution in [0.3, 0.4) is 0 Å². The molecule has 2 fully saturated rings. The van der Waals surface area contributed by atoms with Gasteiger partial charge in [-0.1, -0.05) is 0 Å². The molecule has 144 valence electrons. The van der Waals surface area contributed by atoms with Crippen molar-refractivity contribution in [1.82, 2.24) is 24.6 Å². The summed E-state index contributed by atoms with van der Waals surface area (Å²) in [6.45, 7) is 5.79. The lowest BCUT2D eigenvalue weighted by molar-refractivity contribution is -0.133. The highest BCUT2D eigenvalue weighted by molar-refractivity contribution is 5.83. The zero-order valence-electron chi connectivity index (χ0n) is 16.6. The maximum Gasteiger partial charge on any atom is 0.226 e. The van der Waals surface area contributed by atoms with E-state index < -0.39 is 0 Å². The minimum absolute atomic E-state index is 0.129. The number of rotatable bonds is 4. The van der Waals surface area contributed by atoms with Crippen molar-refractivity contribution < 1.29 is 4.79 Å². The molecule has 1 amide bonds. The smallest absolute Gasteiger partial charge is 0.226 e. The molecule has 0 bridgehead atoms. The number of carbonyl (C=O) groups excluding carboxylic acids is 1. The van der Waals surface area contributed by atoms with Gasteiger partial charge in [-0.25, -0.2) is 9.97 Å². The summed E-state index contributed by atoms with van der Waals surface area (Å²) in [5.74, 6) is 2.59. The van der Waals surface area contributed by atoms with Crippen molar-refractivity contribution in [2.75, 3.05) is 25.0 Å². The van der Waals surface area contributed by atoms with Crippen LogP contribution in [0.2, 0.25) is 0 Å². The minimum atomic E-state index is 0.129. The molecule has 0 radical (unpaired) electrons. The van der Waals surface area contributed by atoms with Crippen molar-refractivity contribution in [2.45, 2.75) is 45.1 Å². The molecular weight excluding hydrogens is 340 g/mol. The first-order valence-corrected chi connectivity index (χ1v) is 9.75. The van der Waals surface area contributed by atoms with Gasteiger partial charge in [0.05, 0.1) is 6.20 Å². The maximum atomic E-state index is 12.9. The van der Waals surface area contributed by atoms with Crippen molar-refractivity contribution in [3.63, 3.8) is 0 Å². The summed E-state index contributed by atoms with van der Waals surface area (Å²) < 4.78 is 1.81. The van der Waals surface area contributed by atoms with E-state index in [1.54, 1.807) is 0 Å². The van der Waals surface area contributed by atoms with Crippen LogP contribution in [0.4, 0.5) is 5.82 Å². The second-order valence-electron chi connectivity index (χ2n) is 7.98. The van der Waals surface area contributed by atoms with Crippen LogP contribution < -0.4 is 4.90 Å². The molecule has 1 saturated heterocycles. The average molecular weight is 368 g/mol. The number of amides is 1. The van der Waals surface area contributed by atoms with Gasteiger partial charge in [0.2, 0.25) is 5.91 Å². The molecule has 2 aromatic heterocycles. The molecule has 7 nitrogen and oxygen atoms in total. The molecule has 0 N–H and O–H groups in total. The van der Waals surface area contributed by atoms with Crippen LogP contribution in [0.15, 0.2) is 18.5 Å². The number of carbonyl (C=O) groups is 1. The van der Waals surface area contributed by atoms with Gasteiger partial charge in [0.1, 0.15) is 11.6 Å². The van der Waals surface area contributed by atoms with Gasteiger partial charge in [0.15, 0.2) is 0 Å². The quantitative estimate of drug-likeness (QED) is 0.826. The Morgan fingerprint density at radius 1 is 1.22 bits per heavy atom. The molecule has 0 aromatic carbocycles. The Bertz CT molecular complexity index is 818. The number of piperidine rings is 1. The van der Waals surface area contributed by atoms with Crippen molar-refractivity contribution >= 4 is 11.7 Å². The van der Waals surface area contributed by atoms with Crippen LogP contribution in [0, 0.1) is 19.8 Å². The molecule has 1 aliphatic heterocycles. The van der Waals surface area contributed by atoms with Crippen LogP contribution in [0.25, 0.3) is 0 Å². The van der Waals surface area contributed by atoms with Gasteiger partial charge in [-0.05, 0) is 44.6 Å². The molecule has 2 aliphatic rings. The average Bonchev–Trinajstić information content (AvgIpc) is 3.33. The van der Waals surface area contributed by atoms with E-state index in [9.17, 15) is 4.79 Å². The third-order valence-electron chi connectivity index (χ3n) is 5.90. The monoisotopic (exact) mass is 368 g/mol. The Morgan fingerprint density at radius 3 is 2.59 bits per heavy atom. The van der Waals surface area contributed by atoms with Crippen molar-refractivity contribution in [2.24, 2.45) is 13.0 Å². The van der Waals surface area contributed by atoms with Gasteiger partial charge < -0.3 is 9.80 Å². The topological polar surface area (TPSA) is 67.2 Å². The highest BCUT2D eigenvalue weighted by Crippen LogP contribution is 2.48. The molecule has 4 rings (SSSR count). The highest BCUT2D eigenvalue weighted by atomic mass is 16.2. The van der Waals surface area contributed by atoms with Gasteiger partial charge in [-0.15, -0.1) is 0 Å². The first kappa shape index (κ1) is 17.9. The van der Waals surface area contributed by atoms with Gasteiger partial charge in [0, 0.05) is 57.1 Å². The molecular formula is C20H28N6O. The first-order valence-electron chi connectivity index (χ1n) is 9.75. The predicted octanol–water partition coefficient (Wildman–Crippen LogP) is 2.06. The van der Waals surface area contributed by atoms with E-state index in [-0.39, 0.29) is 11.8 Å². The summed E-state index contributed by atoms with van der Waals surface area (Å²) in [5.41, 5.74) is 2.19. The van der Waals surface area contributed by atoms with Gasteiger partial charge >= 0.3 is 0 Å². The highest BCUT2D eigenvalue weighted by Gasteiger charge is 2.46. The fourth-order valence-electron chi connectivity index (χ4n) is 4.25. The zero-order valence-corrected chi connectivity index (χ0v) is 16.6. The Morgan fingerprint density at radius 2 is 1.96 bits per heavy atom. The maximum absolute atomic E-state index is 12.9. The number of hydrogen-bond acceptors (Lipinski definition) is 5. The number of aryl methyl sites for hydroxylation is 3. The number of anilines is 1. The number of aromatic nitrogens is 4. The summed E-state index contributed by atoms with van der Waals surface area (Å²) >= 11 is 0. The lowest BCUT2D eigenvalue weighted by Crippen LogP contribution is -2.46. The molecule has 27 heavy (non-hydrogen) atoms. The molecule has 1 aliphatic carbocycles. The minimum Gasteiger partial charge on any atom is -0.356 e. The zero-order chi connectivity index (χ0) is 19.1. The van der Waals surface area contributed by atoms with Gasteiger partial charge in [0.25, 0.3) is 0 Å². The number of hydrogen-bond donors (Lipinski definition) is 0. The molecule has 0 spiro atoms. The molecule has 2 aromatic rings. The standard InChI is InChI=1S/C20H28N6O/c1-13-9-19(23-14(2)22-13)26-7-5-16(6-8-26)25(4)20(27)18-10-17(18)15-11-21-24(3)12-15/h9,11-12,16-18H,5-8,10H2,1-4H3/t17-,18+/m0/s1. The van der Waals surface area contributed by atoms with E-state index in [0.717, 1.165) is 49.7 Å². The van der Waals surface area contributed by atoms with Gasteiger partial charge in [-0.2, -0.15) is 5.10 Å². The second kappa shape index (κ2) is 6.94. The lowest BCUT2D eigenvalue weighted by atomic mass is 10.0. The van der Waals surface area contributed by atoms with Crippen LogP contribution in [-0.2, 0) is 11.8 Å². The Kier molecular flexibility index (Phi) is 4.61. The van der Waals surface area contributed by atoms with Crippen LogP contribution >= 0.6 is 0 Å². The van der Waals surface area contributed by atoms with Crippen LogP contribution in [-0.4, -0.2) is 56.7 Å². The molecule has 3 heterocycles. The van der Waals surface area contributed by atoms with E-state index in [4.69, 9.17) is 0 Å². The second-order valence-corrected chi connectivity index (χ2v) is 7.98. The van der Waals surface area contributed by atoms with E-state index in [1.807, 2.05) is 56.0 Å². The van der Waals surface area contributed by atoms with Gasteiger partial charge in [-0.3, -0.25) is 9.48 Å². The largest absolute Gasteiger partial charge is 0.356 e. The van der Waals surface area contributed by atoms with E-state index in [1.165, 1.54) is 5.56 Å². The van der Waals surface area contributed by atoms with E-state index in [2.05, 4.69) is 20.0 Å². The molecule has 1 saturated carbocycles. The van der Waals surface area contributed by atoms with E-state index >= 15 is 0 Å². The Balaban J connectivity index is 1.33. The van der Waals surface area contributed by atoms with Crippen molar-refractivity contribution in [3.05, 3.63) is 35.5 Å². The summed E-state index contributed by atoms with van der Waals surface area (Å²) in [6.07, 6.45) is 6.83. The SMILES string of the molecule is Cc1cc(N2CCC(N(C)C(=O)[C@@H]3C[C@H]3c3cnn(C)c3)CC2)nc(C)n1. The summed E-state index contributed by atoms with van der Waals surface area (Å²) in [7, 11) is 3.89. The summed E-state index contributed by atoms with van der Waals surface area (Å²) in [5, 5.41) is 4.23. The predicted molar refractivity (Wildman–Crippen MR) is 104 cm³/mol. The Labute approximate surface area is 160 Å². The molecule has 2 atom stereocenters. The summed E-state index contributed by atoms with van der Waals surface area (Å²) in [4.78, 5) is 26.1. The normalized spacial score (nSPS) is 22.7.